The molecule has 0 aliphatic carbocycles. The predicted molar refractivity (Wildman–Crippen MR) is 75.1 cm³/mol. The summed E-state index contributed by atoms with van der Waals surface area (Å²) in [4.78, 5) is 22.1. The van der Waals surface area contributed by atoms with E-state index in [-0.39, 0.29) is 17.9 Å². The van der Waals surface area contributed by atoms with Gasteiger partial charge in [-0.3, -0.25) is 4.79 Å². The zero-order valence-corrected chi connectivity index (χ0v) is 11.1. The molecule has 0 radical (unpaired) electrons. The van der Waals surface area contributed by atoms with Gasteiger partial charge in [-0.2, -0.15) is 0 Å². The number of unbranched alkanes of at least 4 members (excludes halogenated alkanes) is 1. The molecule has 0 saturated carbocycles. The quantitative estimate of drug-likeness (QED) is 0.741. The van der Waals surface area contributed by atoms with Crippen LogP contribution in [0.5, 0.6) is 0 Å². The zero-order chi connectivity index (χ0) is 14.3. The number of aliphatic carboxylic acids is 1. The maximum Gasteiger partial charge on any atom is 0.331 e. The first-order chi connectivity index (χ1) is 9.02. The number of amides is 1. The van der Waals surface area contributed by atoms with E-state index in [1.54, 1.807) is 0 Å². The van der Waals surface area contributed by atoms with Crippen LogP contribution in [0, 0.1) is 0 Å². The van der Waals surface area contributed by atoms with Crippen molar-refractivity contribution in [2.75, 3.05) is 5.32 Å². The molecule has 102 valence electrons. The number of nitrogens with one attached hydrogen (secondary N) is 1. The number of anilines is 1. The Morgan fingerprint density at radius 2 is 1.89 bits per heavy atom. The van der Waals surface area contributed by atoms with Gasteiger partial charge in [0.25, 0.3) is 0 Å². The van der Waals surface area contributed by atoms with Gasteiger partial charge in [0.15, 0.2) is 0 Å². The SMILES string of the molecule is C=C(CC(=O)Nc1ccc(CCCC)cc1)C(=O)O. The molecule has 1 amide bonds. The Morgan fingerprint density at radius 1 is 1.26 bits per heavy atom. The van der Waals surface area contributed by atoms with Gasteiger partial charge in [-0.1, -0.05) is 32.1 Å². The van der Waals surface area contributed by atoms with Crippen LogP contribution < -0.4 is 5.32 Å². The highest BCUT2D eigenvalue weighted by atomic mass is 16.4. The van der Waals surface area contributed by atoms with Crippen LogP contribution in [0.4, 0.5) is 5.69 Å². The largest absolute Gasteiger partial charge is 0.478 e. The molecule has 0 saturated heterocycles. The van der Waals surface area contributed by atoms with Gasteiger partial charge in [-0.05, 0) is 30.5 Å². The van der Waals surface area contributed by atoms with E-state index >= 15 is 0 Å². The van der Waals surface area contributed by atoms with E-state index in [1.807, 2.05) is 24.3 Å². The summed E-state index contributed by atoms with van der Waals surface area (Å²) < 4.78 is 0. The van der Waals surface area contributed by atoms with Gasteiger partial charge >= 0.3 is 5.97 Å². The maximum absolute atomic E-state index is 11.5. The number of carbonyl (C=O) groups excluding carboxylic acids is 1. The number of carbonyl (C=O) groups is 2. The van der Waals surface area contributed by atoms with Crippen molar-refractivity contribution < 1.29 is 14.7 Å². The number of aryl methyl sites for hydroxylation is 1. The first kappa shape index (κ1) is 15.0. The van der Waals surface area contributed by atoms with Crippen LogP contribution in [0.15, 0.2) is 36.4 Å². The third-order valence-corrected chi connectivity index (χ3v) is 2.73. The second-order valence-corrected chi connectivity index (χ2v) is 4.43. The van der Waals surface area contributed by atoms with Crippen LogP contribution in [0.3, 0.4) is 0 Å². The van der Waals surface area contributed by atoms with E-state index in [2.05, 4.69) is 18.8 Å². The average molecular weight is 261 g/mol. The van der Waals surface area contributed by atoms with E-state index in [9.17, 15) is 9.59 Å². The molecule has 0 aliphatic heterocycles. The Bertz CT molecular complexity index is 463. The van der Waals surface area contributed by atoms with E-state index in [0.717, 1.165) is 19.3 Å². The van der Waals surface area contributed by atoms with Crippen molar-refractivity contribution in [2.24, 2.45) is 0 Å². The van der Waals surface area contributed by atoms with Crippen LogP contribution >= 0.6 is 0 Å². The standard InChI is InChI=1S/C15H19NO3/c1-3-4-5-12-6-8-13(9-7-12)16-14(17)10-11(2)15(18)19/h6-9H,2-5,10H2,1H3,(H,16,17)(H,18,19). The lowest BCUT2D eigenvalue weighted by Crippen LogP contribution is -2.14. The van der Waals surface area contributed by atoms with Crippen LogP contribution in [-0.4, -0.2) is 17.0 Å². The zero-order valence-electron chi connectivity index (χ0n) is 11.1. The fourth-order valence-electron chi connectivity index (χ4n) is 1.61. The van der Waals surface area contributed by atoms with E-state index in [0.29, 0.717) is 5.69 Å². The number of carboxylic acid groups (broad SMARTS) is 1. The van der Waals surface area contributed by atoms with Gasteiger partial charge in [0.05, 0.1) is 6.42 Å². The van der Waals surface area contributed by atoms with Crippen molar-refractivity contribution in [3.63, 3.8) is 0 Å². The fraction of sp³-hybridized carbons (Fsp3) is 0.333. The molecule has 4 heteroatoms. The lowest BCUT2D eigenvalue weighted by Gasteiger charge is -2.06. The normalized spacial score (nSPS) is 9.95. The number of hydrogen-bond acceptors (Lipinski definition) is 2. The van der Waals surface area contributed by atoms with E-state index in [4.69, 9.17) is 5.11 Å². The van der Waals surface area contributed by atoms with E-state index < -0.39 is 5.97 Å². The van der Waals surface area contributed by atoms with Crippen molar-refractivity contribution in [3.8, 4) is 0 Å². The summed E-state index contributed by atoms with van der Waals surface area (Å²) in [6.45, 7) is 5.47. The minimum atomic E-state index is -1.15. The lowest BCUT2D eigenvalue weighted by molar-refractivity contribution is -0.133. The Hall–Kier alpha value is -2.10. The Labute approximate surface area is 113 Å². The Morgan fingerprint density at radius 3 is 2.42 bits per heavy atom. The van der Waals surface area contributed by atoms with Gasteiger partial charge in [-0.25, -0.2) is 4.79 Å². The van der Waals surface area contributed by atoms with Crippen LogP contribution in [-0.2, 0) is 16.0 Å². The molecule has 1 aromatic rings. The molecule has 0 aromatic heterocycles. The first-order valence-corrected chi connectivity index (χ1v) is 6.32. The van der Waals surface area contributed by atoms with Crippen LogP contribution in [0.1, 0.15) is 31.7 Å². The highest BCUT2D eigenvalue weighted by Crippen LogP contribution is 2.12. The summed E-state index contributed by atoms with van der Waals surface area (Å²) in [7, 11) is 0. The van der Waals surface area contributed by atoms with Gasteiger partial charge < -0.3 is 10.4 Å². The summed E-state index contributed by atoms with van der Waals surface area (Å²) in [5.74, 6) is -1.52. The molecule has 19 heavy (non-hydrogen) atoms. The highest BCUT2D eigenvalue weighted by Gasteiger charge is 2.10. The second-order valence-electron chi connectivity index (χ2n) is 4.43. The molecule has 0 unspecified atom stereocenters. The molecule has 4 nitrogen and oxygen atoms in total. The molecular formula is C15H19NO3. The molecule has 0 heterocycles. The molecular weight excluding hydrogens is 242 g/mol. The number of benzene rings is 1. The van der Waals surface area contributed by atoms with Gasteiger partial charge in [-0.15, -0.1) is 0 Å². The summed E-state index contributed by atoms with van der Waals surface area (Å²) in [6, 6.07) is 7.59. The number of rotatable bonds is 7. The molecule has 0 spiro atoms. The monoisotopic (exact) mass is 261 g/mol. The van der Waals surface area contributed by atoms with Crippen molar-refractivity contribution in [3.05, 3.63) is 42.0 Å². The summed E-state index contributed by atoms with van der Waals surface area (Å²) in [5.41, 5.74) is 1.79. The molecule has 1 rings (SSSR count). The Balaban J connectivity index is 2.51. The van der Waals surface area contributed by atoms with Gasteiger partial charge in [0.1, 0.15) is 0 Å². The highest BCUT2D eigenvalue weighted by molar-refractivity contribution is 5.99. The van der Waals surface area contributed by atoms with Gasteiger partial charge in [0.2, 0.25) is 5.91 Å². The van der Waals surface area contributed by atoms with Crippen molar-refractivity contribution in [2.45, 2.75) is 32.6 Å². The fourth-order valence-corrected chi connectivity index (χ4v) is 1.61. The molecule has 0 bridgehead atoms. The topological polar surface area (TPSA) is 66.4 Å². The number of carboxylic acids is 1. The summed E-state index contributed by atoms with van der Waals surface area (Å²) >= 11 is 0. The second kappa shape index (κ2) is 7.36. The van der Waals surface area contributed by atoms with Crippen LogP contribution in [0.25, 0.3) is 0 Å². The maximum atomic E-state index is 11.5. The summed E-state index contributed by atoms with van der Waals surface area (Å²) in [6.07, 6.45) is 3.12. The summed E-state index contributed by atoms with van der Waals surface area (Å²) in [5, 5.41) is 11.3. The average Bonchev–Trinajstić information content (AvgIpc) is 2.37. The smallest absolute Gasteiger partial charge is 0.331 e. The minimum absolute atomic E-state index is 0.114. The number of hydrogen-bond donors (Lipinski definition) is 2. The third-order valence-electron chi connectivity index (χ3n) is 2.73. The lowest BCUT2D eigenvalue weighted by atomic mass is 10.1. The van der Waals surface area contributed by atoms with Crippen LogP contribution in [0.2, 0.25) is 0 Å². The first-order valence-electron chi connectivity index (χ1n) is 6.32. The molecule has 0 fully saturated rings. The van der Waals surface area contributed by atoms with Crippen molar-refractivity contribution in [1.82, 2.24) is 0 Å². The molecule has 2 N–H and O–H groups in total. The van der Waals surface area contributed by atoms with Crippen molar-refractivity contribution in [1.29, 1.82) is 0 Å². The molecule has 0 atom stereocenters. The van der Waals surface area contributed by atoms with E-state index in [1.165, 1.54) is 5.56 Å². The van der Waals surface area contributed by atoms with Gasteiger partial charge in [0, 0.05) is 11.3 Å². The molecule has 1 aromatic carbocycles. The Kier molecular flexibility index (Phi) is 5.79. The third kappa shape index (κ3) is 5.38. The predicted octanol–water partition coefficient (Wildman–Crippen LogP) is 3.00. The molecule has 0 aliphatic rings. The minimum Gasteiger partial charge on any atom is -0.478 e. The van der Waals surface area contributed by atoms with Crippen molar-refractivity contribution >= 4 is 17.6 Å².